The van der Waals surface area contributed by atoms with Gasteiger partial charge >= 0.3 is 0 Å². The van der Waals surface area contributed by atoms with Crippen molar-refractivity contribution in [1.29, 1.82) is 0 Å². The highest BCUT2D eigenvalue weighted by atomic mass is 16.5. The first-order valence-corrected chi connectivity index (χ1v) is 17.5. The number of imide groups is 1. The second kappa shape index (κ2) is 15.8. The molecule has 7 amide bonds. The fourth-order valence-corrected chi connectivity index (χ4v) is 7.09. The number of ketones is 2. The molecule has 2 aliphatic carbocycles. The third-order valence-corrected chi connectivity index (χ3v) is 10.0. The molecule has 2 aromatic rings. The highest BCUT2D eigenvalue weighted by Gasteiger charge is 2.42. The average Bonchev–Trinajstić information content (AvgIpc) is 3.49. The van der Waals surface area contributed by atoms with Gasteiger partial charge in [-0.1, -0.05) is 12.1 Å². The van der Waals surface area contributed by atoms with Crippen LogP contribution in [0.3, 0.4) is 0 Å². The van der Waals surface area contributed by atoms with E-state index in [4.69, 9.17) is 4.74 Å². The summed E-state index contributed by atoms with van der Waals surface area (Å²) in [5, 5.41) is 32.2. The van der Waals surface area contributed by atoms with Crippen molar-refractivity contribution in [2.24, 2.45) is 11.8 Å². The highest BCUT2D eigenvalue weighted by molar-refractivity contribution is 6.31. The smallest absolute Gasteiger partial charge is 0.253 e. The van der Waals surface area contributed by atoms with E-state index in [-0.39, 0.29) is 90.0 Å². The Morgan fingerprint density at radius 3 is 1.98 bits per heavy atom. The molecule has 0 unspecified atom stereocenters. The Morgan fingerprint density at radius 2 is 1.35 bits per heavy atom. The number of phenols is 2. The molecule has 0 radical (unpaired) electrons. The van der Waals surface area contributed by atoms with Gasteiger partial charge in [0.2, 0.25) is 35.3 Å². The topological polar surface area (TPSA) is 258 Å². The number of methoxy groups -OCH3 is 1. The Kier molecular flexibility index (Phi) is 11.0. The summed E-state index contributed by atoms with van der Waals surface area (Å²) in [6.07, 6.45) is 2.59. The number of fused-ring (bicyclic) bond motifs is 3. The molecule has 55 heavy (non-hydrogen) atoms. The Morgan fingerprint density at radius 1 is 0.764 bits per heavy atom. The van der Waals surface area contributed by atoms with Crippen molar-refractivity contribution in [3.8, 4) is 17.2 Å². The largest absolute Gasteiger partial charge is 0.507 e. The molecule has 2 aliphatic heterocycles. The zero-order valence-electron chi connectivity index (χ0n) is 29.7. The van der Waals surface area contributed by atoms with E-state index in [0.717, 1.165) is 17.1 Å². The lowest BCUT2D eigenvalue weighted by Crippen LogP contribution is -2.56. The second-order valence-corrected chi connectivity index (χ2v) is 13.5. The summed E-state index contributed by atoms with van der Waals surface area (Å²) in [6, 6.07) is 4.54. The van der Waals surface area contributed by atoms with Crippen molar-refractivity contribution in [3.63, 3.8) is 0 Å². The van der Waals surface area contributed by atoms with Crippen LogP contribution in [-0.4, -0.2) is 126 Å². The van der Waals surface area contributed by atoms with E-state index >= 15 is 0 Å². The molecular weight excluding hydrogens is 720 g/mol. The number of ether oxygens (including phenoxy) is 1. The minimum atomic E-state index is -0.669. The summed E-state index contributed by atoms with van der Waals surface area (Å²) in [6.45, 7) is -0.440. The fraction of sp³-hybridized carbons (Fsp3) is 0.378. The molecule has 0 saturated carbocycles. The number of hydrogen-bond donors (Lipinski definition) is 6. The van der Waals surface area contributed by atoms with Gasteiger partial charge in [-0.25, -0.2) is 0 Å². The number of amides is 7. The van der Waals surface area contributed by atoms with Gasteiger partial charge in [-0.3, -0.25) is 48.1 Å². The van der Waals surface area contributed by atoms with Crippen LogP contribution in [0.5, 0.6) is 17.2 Å². The lowest BCUT2D eigenvalue weighted by atomic mass is 9.75. The minimum Gasteiger partial charge on any atom is -0.507 e. The zero-order chi connectivity index (χ0) is 39.6. The number of benzene rings is 2. The summed E-state index contributed by atoms with van der Waals surface area (Å²) in [4.78, 5) is 114. The number of carbonyl (C=O) groups excluding carboxylic acids is 9. The van der Waals surface area contributed by atoms with E-state index in [1.165, 1.54) is 19.2 Å². The number of likely N-dealkylation sites (tertiary alicyclic amines) is 1. The van der Waals surface area contributed by atoms with Crippen LogP contribution in [0.2, 0.25) is 0 Å². The van der Waals surface area contributed by atoms with Crippen LogP contribution in [0, 0.1) is 11.8 Å². The number of aromatic hydroxyl groups is 2. The molecule has 1 atom stereocenters. The van der Waals surface area contributed by atoms with Crippen molar-refractivity contribution in [2.75, 3.05) is 52.9 Å². The zero-order valence-corrected chi connectivity index (χ0v) is 29.7. The molecule has 0 bridgehead atoms. The summed E-state index contributed by atoms with van der Waals surface area (Å²) in [7, 11) is 1.36. The molecule has 6 N–H and O–H groups in total. The molecule has 18 nitrogen and oxygen atoms in total. The maximum absolute atomic E-state index is 13.5. The highest BCUT2D eigenvalue weighted by Crippen LogP contribution is 2.47. The van der Waals surface area contributed by atoms with Crippen LogP contribution in [0.15, 0.2) is 30.4 Å². The van der Waals surface area contributed by atoms with Crippen LogP contribution in [0.25, 0.3) is 0 Å². The van der Waals surface area contributed by atoms with Gasteiger partial charge < -0.3 is 41.1 Å². The predicted molar refractivity (Wildman–Crippen MR) is 188 cm³/mol. The molecule has 2 aromatic carbocycles. The number of hydrogen-bond acceptors (Lipinski definition) is 12. The van der Waals surface area contributed by atoms with Crippen molar-refractivity contribution in [1.82, 2.24) is 31.1 Å². The fourth-order valence-electron chi connectivity index (χ4n) is 7.09. The minimum absolute atomic E-state index is 0.0157. The van der Waals surface area contributed by atoms with Crippen LogP contribution in [-0.2, 0) is 46.4 Å². The van der Waals surface area contributed by atoms with Gasteiger partial charge in [0.05, 0.1) is 43.4 Å². The van der Waals surface area contributed by atoms with Gasteiger partial charge in [-0.05, 0) is 25.3 Å². The predicted octanol–water partition coefficient (Wildman–Crippen LogP) is -1.77. The van der Waals surface area contributed by atoms with E-state index in [2.05, 4.69) is 21.3 Å². The van der Waals surface area contributed by atoms with Gasteiger partial charge in [0.25, 0.3) is 11.8 Å². The number of rotatable bonds is 13. The normalized spacial score (nSPS) is 17.1. The Hall–Kier alpha value is -6.59. The molecule has 1 saturated heterocycles. The van der Waals surface area contributed by atoms with E-state index in [1.807, 2.05) is 0 Å². The number of nitrogens with zero attached hydrogens (tertiary/aromatic N) is 2. The van der Waals surface area contributed by atoms with Crippen molar-refractivity contribution >= 4 is 52.9 Å². The van der Waals surface area contributed by atoms with Crippen LogP contribution in [0.1, 0.15) is 55.8 Å². The van der Waals surface area contributed by atoms with E-state index in [9.17, 15) is 53.4 Å². The standard InChI is InChI=1S/C37H38N6O12/c1-55-23-4-2-3-21-30(23)36(53)32-31(34(21)51)35(52)22-11-19(5-6-20(22)33(32)50)37(54)42-16-18(17-42)12-38-25(45)14-40-27(47)15-41-26(46)13-39-24(44)9-10-43-28(48)7-8-29(43)49/h2-4,7-8,18-19,50,52H,5-6,9-17H2,1H3,(H,38,45)(H,39,44)(H,40,47)(H,41,46)/t19-/m0/s1. The molecule has 6 rings (SSSR count). The summed E-state index contributed by atoms with van der Waals surface area (Å²) in [5.74, 6) is -6.09. The number of nitrogens with one attached hydrogen (secondary N) is 4. The second-order valence-electron chi connectivity index (χ2n) is 13.5. The van der Waals surface area contributed by atoms with E-state index in [1.54, 1.807) is 11.0 Å². The SMILES string of the molecule is COc1cccc2c1C(=O)c1c(O)c3c(c(O)c1C2=O)C[C@@H](C(=O)N1CC(CNC(=O)CNC(=O)CNC(=O)CNC(=O)CCN2C(=O)C=CC2=O)C1)CC3. The van der Waals surface area contributed by atoms with E-state index in [0.29, 0.717) is 25.1 Å². The summed E-state index contributed by atoms with van der Waals surface area (Å²) in [5.41, 5.74) is 0.0773. The third kappa shape index (κ3) is 7.74. The van der Waals surface area contributed by atoms with Gasteiger partial charge in [-0.2, -0.15) is 0 Å². The van der Waals surface area contributed by atoms with Crippen LogP contribution < -0.4 is 26.0 Å². The van der Waals surface area contributed by atoms with Crippen molar-refractivity contribution in [3.05, 3.63) is 63.7 Å². The Labute approximate surface area is 313 Å². The quantitative estimate of drug-likeness (QED) is 0.0836. The van der Waals surface area contributed by atoms with Gasteiger partial charge in [0, 0.05) is 73.3 Å². The monoisotopic (exact) mass is 758 g/mol. The lowest BCUT2D eigenvalue weighted by molar-refractivity contribution is -0.142. The van der Waals surface area contributed by atoms with Crippen molar-refractivity contribution in [2.45, 2.75) is 25.7 Å². The molecular formula is C37H38N6O12. The van der Waals surface area contributed by atoms with Crippen molar-refractivity contribution < 1.29 is 58.1 Å². The molecule has 4 aliphatic rings. The third-order valence-electron chi connectivity index (χ3n) is 10.0. The molecule has 1 fully saturated rings. The molecule has 18 heteroatoms. The Balaban J connectivity index is 0.897. The van der Waals surface area contributed by atoms with Crippen LogP contribution >= 0.6 is 0 Å². The molecule has 288 valence electrons. The number of carbonyl (C=O) groups is 9. The first kappa shape index (κ1) is 38.1. The first-order valence-electron chi connectivity index (χ1n) is 17.5. The first-order chi connectivity index (χ1) is 26.3. The lowest BCUT2D eigenvalue weighted by Gasteiger charge is -2.42. The molecule has 0 spiro atoms. The summed E-state index contributed by atoms with van der Waals surface area (Å²) < 4.78 is 5.28. The van der Waals surface area contributed by atoms with E-state index < -0.39 is 71.8 Å². The maximum atomic E-state index is 13.5. The van der Waals surface area contributed by atoms with Crippen LogP contribution in [0.4, 0.5) is 0 Å². The van der Waals surface area contributed by atoms with Gasteiger partial charge in [-0.15, -0.1) is 0 Å². The molecule has 0 aromatic heterocycles. The Bertz CT molecular complexity index is 2050. The van der Waals surface area contributed by atoms with Gasteiger partial charge in [0.15, 0.2) is 5.78 Å². The van der Waals surface area contributed by atoms with Gasteiger partial charge in [0.1, 0.15) is 17.2 Å². The average molecular weight is 759 g/mol. The summed E-state index contributed by atoms with van der Waals surface area (Å²) >= 11 is 0. The number of phenolic OH excluding ortho intramolecular Hbond substituents is 2. The molecule has 2 heterocycles. The maximum Gasteiger partial charge on any atom is 0.253 e.